The highest BCUT2D eigenvalue weighted by atomic mass is 35.5. The van der Waals surface area contributed by atoms with Gasteiger partial charge >= 0.3 is 0 Å². The molecule has 0 atom stereocenters. The molecule has 0 amide bonds. The van der Waals surface area contributed by atoms with Crippen LogP contribution in [0.15, 0.2) is 18.2 Å². The number of aryl methyl sites for hydroxylation is 1. The molecule has 1 aromatic carbocycles. The Morgan fingerprint density at radius 2 is 1.65 bits per heavy atom. The van der Waals surface area contributed by atoms with E-state index in [0.717, 1.165) is 5.56 Å². The zero-order valence-electron chi connectivity index (χ0n) is 8.64. The predicted molar refractivity (Wildman–Crippen MR) is 62.1 cm³/mol. The second kappa shape index (κ2) is 4.55. The quantitative estimate of drug-likeness (QED) is 0.734. The largest absolute Gasteiger partial charge is 0.213 e. The molecule has 1 aromatic heterocycles. The summed E-state index contributed by atoms with van der Waals surface area (Å²) in [5, 5.41) is -0.771. The second-order valence-electron chi connectivity index (χ2n) is 3.40. The van der Waals surface area contributed by atoms with E-state index < -0.39 is 11.6 Å². The van der Waals surface area contributed by atoms with E-state index in [4.69, 9.17) is 23.2 Å². The fraction of sp³-hybridized carbons (Fsp3) is 0.0909. The van der Waals surface area contributed by atoms with Gasteiger partial charge in [-0.2, -0.15) is 0 Å². The van der Waals surface area contributed by atoms with Gasteiger partial charge in [-0.15, -0.1) is 0 Å². The molecule has 2 rings (SSSR count). The summed E-state index contributed by atoms with van der Waals surface area (Å²) < 4.78 is 26.3. The molecule has 0 aliphatic heterocycles. The summed E-state index contributed by atoms with van der Waals surface area (Å²) in [5.74, 6) is -1.23. The van der Waals surface area contributed by atoms with Crippen molar-refractivity contribution >= 4 is 23.2 Å². The normalized spacial score (nSPS) is 10.6. The molecule has 2 aromatic rings. The number of rotatable bonds is 1. The van der Waals surface area contributed by atoms with E-state index in [2.05, 4.69) is 9.97 Å². The fourth-order valence-corrected chi connectivity index (χ4v) is 1.74. The number of hydrogen-bond acceptors (Lipinski definition) is 2. The lowest BCUT2D eigenvalue weighted by atomic mass is 10.1. The molecular formula is C11H6Cl2F2N2. The number of nitrogens with zero attached hydrogens (tertiary/aromatic N) is 2. The zero-order chi connectivity index (χ0) is 12.6. The first kappa shape index (κ1) is 12.2. The van der Waals surface area contributed by atoms with E-state index >= 15 is 0 Å². The van der Waals surface area contributed by atoms with Crippen LogP contribution in [0.5, 0.6) is 0 Å². The van der Waals surface area contributed by atoms with Crippen molar-refractivity contribution in [3.8, 4) is 11.4 Å². The van der Waals surface area contributed by atoms with E-state index in [-0.39, 0.29) is 16.1 Å². The lowest BCUT2D eigenvalue weighted by molar-refractivity contribution is 0.615. The minimum atomic E-state index is -0.883. The maximum absolute atomic E-state index is 13.1. The van der Waals surface area contributed by atoms with Gasteiger partial charge in [0.15, 0.2) is 21.9 Å². The molecule has 88 valence electrons. The lowest BCUT2D eigenvalue weighted by Gasteiger charge is -2.06. The average molecular weight is 275 g/mol. The summed E-state index contributed by atoms with van der Waals surface area (Å²) in [6, 6.07) is 4.12. The molecule has 0 saturated carbocycles. The molecule has 0 aliphatic rings. The van der Waals surface area contributed by atoms with Gasteiger partial charge in [-0.25, -0.2) is 18.7 Å². The van der Waals surface area contributed by atoms with Crippen LogP contribution in [-0.4, -0.2) is 9.97 Å². The highest BCUT2D eigenvalue weighted by Gasteiger charge is 2.14. The molecule has 0 N–H and O–H groups in total. The molecule has 1 heterocycles. The fourth-order valence-electron chi connectivity index (χ4n) is 1.35. The van der Waals surface area contributed by atoms with Crippen molar-refractivity contribution in [2.24, 2.45) is 0 Å². The molecule has 2 nitrogen and oxygen atoms in total. The standard InChI is InChI=1S/C11H6Cl2F2N2/c1-5-2-3-6(14)4-7(5)11-16-9(12)8(15)10(13)17-11/h2-4H,1H3. The van der Waals surface area contributed by atoms with Crippen LogP contribution in [0.2, 0.25) is 10.3 Å². The highest BCUT2D eigenvalue weighted by Crippen LogP contribution is 2.26. The number of benzene rings is 1. The second-order valence-corrected chi connectivity index (χ2v) is 4.12. The molecule has 0 unspecified atom stereocenters. The summed E-state index contributed by atoms with van der Waals surface area (Å²) in [7, 11) is 0. The van der Waals surface area contributed by atoms with E-state index in [0.29, 0.717) is 5.56 Å². The van der Waals surface area contributed by atoms with Crippen molar-refractivity contribution in [2.75, 3.05) is 0 Å². The Bertz CT molecular complexity index is 565. The maximum atomic E-state index is 13.1. The molecule has 0 spiro atoms. The monoisotopic (exact) mass is 274 g/mol. The SMILES string of the molecule is Cc1ccc(F)cc1-c1nc(Cl)c(F)c(Cl)n1. The van der Waals surface area contributed by atoms with Gasteiger partial charge in [0, 0.05) is 5.56 Å². The molecule has 0 fully saturated rings. The van der Waals surface area contributed by atoms with Crippen LogP contribution in [-0.2, 0) is 0 Å². The Hall–Kier alpha value is -1.26. The number of halogens is 4. The van der Waals surface area contributed by atoms with Gasteiger partial charge < -0.3 is 0 Å². The molecular weight excluding hydrogens is 269 g/mol. The first-order chi connectivity index (χ1) is 7.99. The van der Waals surface area contributed by atoms with Gasteiger partial charge in [-0.05, 0) is 24.6 Å². The van der Waals surface area contributed by atoms with Crippen molar-refractivity contribution in [2.45, 2.75) is 6.92 Å². The minimum Gasteiger partial charge on any atom is -0.213 e. The maximum Gasteiger partial charge on any atom is 0.197 e. The summed E-state index contributed by atoms with van der Waals surface area (Å²) in [5.41, 5.74) is 1.17. The van der Waals surface area contributed by atoms with Crippen molar-refractivity contribution < 1.29 is 8.78 Å². The topological polar surface area (TPSA) is 25.8 Å². The number of aromatic nitrogens is 2. The first-order valence-corrected chi connectivity index (χ1v) is 5.39. The average Bonchev–Trinajstić information content (AvgIpc) is 2.28. The third-order valence-electron chi connectivity index (χ3n) is 2.21. The molecule has 0 bridgehead atoms. The molecule has 6 heteroatoms. The van der Waals surface area contributed by atoms with Crippen molar-refractivity contribution in [3.63, 3.8) is 0 Å². The van der Waals surface area contributed by atoms with Gasteiger partial charge in [-0.3, -0.25) is 0 Å². The Balaban J connectivity index is 2.64. The summed E-state index contributed by atoms with van der Waals surface area (Å²) >= 11 is 11.1. The van der Waals surface area contributed by atoms with Crippen LogP contribution in [0.25, 0.3) is 11.4 Å². The Morgan fingerprint density at radius 3 is 2.24 bits per heavy atom. The lowest BCUT2D eigenvalue weighted by Crippen LogP contribution is -1.96. The Labute approximate surface area is 106 Å². The van der Waals surface area contributed by atoms with Gasteiger partial charge in [0.2, 0.25) is 0 Å². The predicted octanol–water partition coefficient (Wildman–Crippen LogP) is 4.04. The van der Waals surface area contributed by atoms with E-state index in [1.165, 1.54) is 12.1 Å². The summed E-state index contributed by atoms with van der Waals surface area (Å²) in [4.78, 5) is 7.47. The smallest absolute Gasteiger partial charge is 0.197 e. The zero-order valence-corrected chi connectivity index (χ0v) is 10.2. The first-order valence-electron chi connectivity index (χ1n) is 4.64. The van der Waals surface area contributed by atoms with Crippen LogP contribution < -0.4 is 0 Å². The van der Waals surface area contributed by atoms with E-state index in [9.17, 15) is 8.78 Å². The van der Waals surface area contributed by atoms with Gasteiger partial charge in [-0.1, -0.05) is 29.3 Å². The molecule has 0 radical (unpaired) electrons. The van der Waals surface area contributed by atoms with Crippen LogP contribution in [0.1, 0.15) is 5.56 Å². The van der Waals surface area contributed by atoms with Crippen LogP contribution in [0.4, 0.5) is 8.78 Å². The minimum absolute atomic E-state index is 0.0957. The van der Waals surface area contributed by atoms with Crippen LogP contribution in [0, 0.1) is 18.6 Å². The highest BCUT2D eigenvalue weighted by molar-refractivity contribution is 6.33. The van der Waals surface area contributed by atoms with Crippen molar-refractivity contribution in [1.82, 2.24) is 9.97 Å². The van der Waals surface area contributed by atoms with Crippen LogP contribution >= 0.6 is 23.2 Å². The third kappa shape index (κ3) is 2.37. The Morgan fingerprint density at radius 1 is 1.06 bits per heavy atom. The molecule has 17 heavy (non-hydrogen) atoms. The van der Waals surface area contributed by atoms with Crippen molar-refractivity contribution in [3.05, 3.63) is 45.7 Å². The van der Waals surface area contributed by atoms with Gasteiger partial charge in [0.1, 0.15) is 5.82 Å². The summed E-state index contributed by atoms with van der Waals surface area (Å²) in [6.07, 6.45) is 0. The van der Waals surface area contributed by atoms with Gasteiger partial charge in [0.25, 0.3) is 0 Å². The summed E-state index contributed by atoms with van der Waals surface area (Å²) in [6.45, 7) is 1.75. The van der Waals surface area contributed by atoms with E-state index in [1.807, 2.05) is 0 Å². The third-order valence-corrected chi connectivity index (χ3v) is 2.71. The Kier molecular flexibility index (Phi) is 3.26. The molecule has 0 aliphatic carbocycles. The molecule has 0 saturated heterocycles. The van der Waals surface area contributed by atoms with Crippen LogP contribution in [0.3, 0.4) is 0 Å². The van der Waals surface area contributed by atoms with Crippen molar-refractivity contribution in [1.29, 1.82) is 0 Å². The number of hydrogen-bond donors (Lipinski definition) is 0. The van der Waals surface area contributed by atoms with E-state index in [1.54, 1.807) is 13.0 Å². The van der Waals surface area contributed by atoms with Gasteiger partial charge in [0.05, 0.1) is 0 Å².